The summed E-state index contributed by atoms with van der Waals surface area (Å²) < 4.78 is 5.75. The van der Waals surface area contributed by atoms with Crippen molar-refractivity contribution in [2.75, 3.05) is 11.1 Å². The molecule has 7 heteroatoms. The molecule has 104 valence electrons. The Hall–Kier alpha value is -3.09. The summed E-state index contributed by atoms with van der Waals surface area (Å²) in [6.45, 7) is 0.499. The van der Waals surface area contributed by atoms with E-state index < -0.39 is 0 Å². The number of nitrogen functional groups attached to an aromatic ring is 1. The summed E-state index contributed by atoms with van der Waals surface area (Å²) in [5.41, 5.74) is 7.80. The van der Waals surface area contributed by atoms with Gasteiger partial charge in [-0.2, -0.15) is 9.97 Å². The number of furan rings is 1. The standard InChI is InChI=1S/C14H12N6O/c15-14-19-12(11-13(20-14)18-7-17-11)16-6-9-5-8-3-1-2-4-10(8)21-9/h1-5,7H,6H2,(H4,15,16,17,18,19,20). The normalized spacial score (nSPS) is 11.2. The maximum Gasteiger partial charge on any atom is 0.224 e. The molecule has 7 nitrogen and oxygen atoms in total. The number of aromatic nitrogens is 4. The van der Waals surface area contributed by atoms with Crippen molar-refractivity contribution in [3.63, 3.8) is 0 Å². The molecule has 0 bridgehead atoms. The maximum atomic E-state index is 5.75. The number of para-hydroxylation sites is 1. The topological polar surface area (TPSA) is 106 Å². The van der Waals surface area contributed by atoms with Crippen molar-refractivity contribution in [3.8, 4) is 0 Å². The number of nitrogens with one attached hydrogen (secondary N) is 2. The minimum atomic E-state index is 0.182. The van der Waals surface area contributed by atoms with Crippen molar-refractivity contribution >= 4 is 33.9 Å². The van der Waals surface area contributed by atoms with Gasteiger partial charge in [-0.15, -0.1) is 0 Å². The summed E-state index contributed by atoms with van der Waals surface area (Å²) in [5.74, 6) is 1.61. The highest BCUT2D eigenvalue weighted by atomic mass is 16.3. The van der Waals surface area contributed by atoms with Gasteiger partial charge in [0.15, 0.2) is 11.5 Å². The van der Waals surface area contributed by atoms with Crippen LogP contribution in [0.5, 0.6) is 0 Å². The van der Waals surface area contributed by atoms with Gasteiger partial charge in [-0.1, -0.05) is 18.2 Å². The van der Waals surface area contributed by atoms with Crippen LogP contribution in [0.15, 0.2) is 41.1 Å². The van der Waals surface area contributed by atoms with E-state index in [1.807, 2.05) is 30.3 Å². The van der Waals surface area contributed by atoms with Gasteiger partial charge in [0.25, 0.3) is 0 Å². The Kier molecular flexibility index (Phi) is 2.50. The number of imidazole rings is 1. The van der Waals surface area contributed by atoms with Gasteiger partial charge >= 0.3 is 0 Å². The second kappa shape index (κ2) is 4.48. The fourth-order valence-corrected chi connectivity index (χ4v) is 2.27. The Morgan fingerprint density at radius 2 is 2.14 bits per heavy atom. The van der Waals surface area contributed by atoms with Crippen molar-refractivity contribution in [3.05, 3.63) is 42.4 Å². The van der Waals surface area contributed by atoms with Crippen LogP contribution in [0.4, 0.5) is 11.8 Å². The van der Waals surface area contributed by atoms with E-state index in [4.69, 9.17) is 10.2 Å². The first-order valence-corrected chi connectivity index (χ1v) is 6.47. The van der Waals surface area contributed by atoms with Gasteiger partial charge in [0.2, 0.25) is 5.95 Å². The lowest BCUT2D eigenvalue weighted by Gasteiger charge is -2.04. The molecular weight excluding hydrogens is 268 g/mol. The van der Waals surface area contributed by atoms with Crippen LogP contribution >= 0.6 is 0 Å². The monoisotopic (exact) mass is 280 g/mol. The first-order chi connectivity index (χ1) is 10.3. The van der Waals surface area contributed by atoms with Gasteiger partial charge < -0.3 is 20.5 Å². The molecule has 21 heavy (non-hydrogen) atoms. The second-order valence-electron chi connectivity index (χ2n) is 4.64. The highest BCUT2D eigenvalue weighted by Gasteiger charge is 2.09. The molecule has 0 saturated carbocycles. The molecule has 4 rings (SSSR count). The number of anilines is 2. The van der Waals surface area contributed by atoms with E-state index >= 15 is 0 Å². The van der Waals surface area contributed by atoms with Crippen molar-refractivity contribution in [2.24, 2.45) is 0 Å². The maximum absolute atomic E-state index is 5.75. The number of benzene rings is 1. The van der Waals surface area contributed by atoms with Crippen molar-refractivity contribution in [2.45, 2.75) is 6.54 Å². The molecule has 0 saturated heterocycles. The Bertz CT molecular complexity index is 892. The third-order valence-electron chi connectivity index (χ3n) is 3.21. The van der Waals surface area contributed by atoms with E-state index in [1.165, 1.54) is 0 Å². The Labute approximate surface area is 119 Å². The molecule has 0 radical (unpaired) electrons. The van der Waals surface area contributed by atoms with E-state index in [1.54, 1.807) is 6.33 Å². The number of nitrogens with two attached hydrogens (primary N) is 1. The molecule has 4 N–H and O–H groups in total. The fourth-order valence-electron chi connectivity index (χ4n) is 2.27. The number of rotatable bonds is 3. The van der Waals surface area contributed by atoms with Gasteiger partial charge in [-0.05, 0) is 12.1 Å². The van der Waals surface area contributed by atoms with Crippen LogP contribution in [0.1, 0.15) is 5.76 Å². The molecule has 1 aromatic carbocycles. The van der Waals surface area contributed by atoms with Crippen LogP contribution in [0.2, 0.25) is 0 Å². The third-order valence-corrected chi connectivity index (χ3v) is 3.21. The smallest absolute Gasteiger partial charge is 0.224 e. The zero-order valence-corrected chi connectivity index (χ0v) is 11.0. The van der Waals surface area contributed by atoms with Crippen LogP contribution in [-0.2, 0) is 6.54 Å². The first-order valence-electron chi connectivity index (χ1n) is 6.47. The number of hydrogen-bond donors (Lipinski definition) is 3. The van der Waals surface area contributed by atoms with Gasteiger partial charge in [-0.25, -0.2) is 4.98 Å². The average molecular weight is 280 g/mol. The molecule has 4 aromatic rings. The van der Waals surface area contributed by atoms with Crippen LogP contribution in [0.3, 0.4) is 0 Å². The fraction of sp³-hybridized carbons (Fsp3) is 0.0714. The van der Waals surface area contributed by atoms with Gasteiger partial charge in [0, 0.05) is 5.39 Å². The van der Waals surface area contributed by atoms with Gasteiger partial charge in [-0.3, -0.25) is 0 Å². The SMILES string of the molecule is Nc1nc(NCc2cc3ccccc3o2)c2[nH]cnc2n1. The Balaban J connectivity index is 1.64. The number of hydrogen-bond acceptors (Lipinski definition) is 6. The van der Waals surface area contributed by atoms with E-state index in [0.29, 0.717) is 18.0 Å². The number of aromatic amines is 1. The molecule has 0 fully saturated rings. The largest absolute Gasteiger partial charge is 0.459 e. The molecule has 0 aliphatic carbocycles. The Morgan fingerprint density at radius 1 is 1.24 bits per heavy atom. The third kappa shape index (κ3) is 2.04. The van der Waals surface area contributed by atoms with E-state index in [9.17, 15) is 0 Å². The molecule has 0 amide bonds. The lowest BCUT2D eigenvalue weighted by molar-refractivity contribution is 0.559. The summed E-state index contributed by atoms with van der Waals surface area (Å²) in [5, 5.41) is 4.27. The summed E-state index contributed by atoms with van der Waals surface area (Å²) in [6, 6.07) is 9.88. The minimum Gasteiger partial charge on any atom is -0.459 e. The summed E-state index contributed by atoms with van der Waals surface area (Å²) in [6.07, 6.45) is 1.56. The molecule has 0 aliphatic heterocycles. The lowest BCUT2D eigenvalue weighted by Crippen LogP contribution is -2.04. The Morgan fingerprint density at radius 3 is 3.05 bits per heavy atom. The van der Waals surface area contributed by atoms with E-state index in [2.05, 4.69) is 25.3 Å². The second-order valence-corrected chi connectivity index (χ2v) is 4.64. The highest BCUT2D eigenvalue weighted by Crippen LogP contribution is 2.21. The molecule has 0 atom stereocenters. The summed E-state index contributed by atoms with van der Waals surface area (Å²) >= 11 is 0. The molecule has 0 spiro atoms. The quantitative estimate of drug-likeness (QED) is 0.531. The highest BCUT2D eigenvalue weighted by molar-refractivity contribution is 5.83. The van der Waals surface area contributed by atoms with Crippen LogP contribution in [-0.4, -0.2) is 19.9 Å². The lowest BCUT2D eigenvalue weighted by atomic mass is 10.2. The van der Waals surface area contributed by atoms with E-state index in [0.717, 1.165) is 22.2 Å². The molecular formula is C14H12N6O. The van der Waals surface area contributed by atoms with Crippen LogP contribution < -0.4 is 11.1 Å². The number of nitrogens with zero attached hydrogens (tertiary/aromatic N) is 3. The predicted octanol–water partition coefficient (Wildman–Crippen LogP) is 2.29. The van der Waals surface area contributed by atoms with E-state index in [-0.39, 0.29) is 5.95 Å². The van der Waals surface area contributed by atoms with Crippen molar-refractivity contribution < 1.29 is 4.42 Å². The zero-order chi connectivity index (χ0) is 14.2. The molecule has 3 heterocycles. The molecule has 0 aliphatic rings. The van der Waals surface area contributed by atoms with Gasteiger partial charge in [0.1, 0.15) is 16.9 Å². The zero-order valence-electron chi connectivity index (χ0n) is 11.0. The van der Waals surface area contributed by atoms with Crippen LogP contribution in [0.25, 0.3) is 22.1 Å². The average Bonchev–Trinajstić information content (AvgIpc) is 3.10. The van der Waals surface area contributed by atoms with Crippen molar-refractivity contribution in [1.29, 1.82) is 0 Å². The van der Waals surface area contributed by atoms with Gasteiger partial charge in [0.05, 0.1) is 12.9 Å². The molecule has 3 aromatic heterocycles. The molecule has 0 unspecified atom stereocenters. The summed E-state index contributed by atoms with van der Waals surface area (Å²) in [4.78, 5) is 15.3. The number of H-pyrrole nitrogens is 1. The number of fused-ring (bicyclic) bond motifs is 2. The first kappa shape index (κ1) is 11.7. The van der Waals surface area contributed by atoms with Crippen molar-refractivity contribution in [1.82, 2.24) is 19.9 Å². The van der Waals surface area contributed by atoms with Crippen LogP contribution in [0, 0.1) is 0 Å². The minimum absolute atomic E-state index is 0.182. The summed E-state index contributed by atoms with van der Waals surface area (Å²) in [7, 11) is 0. The predicted molar refractivity (Wildman–Crippen MR) is 79.6 cm³/mol.